The molecule has 11 heavy (non-hydrogen) atoms. The quantitative estimate of drug-likeness (QED) is 0.401. The van der Waals surface area contributed by atoms with Crippen molar-refractivity contribution in [3.05, 3.63) is 24.4 Å². The van der Waals surface area contributed by atoms with E-state index in [0.717, 1.165) is 0 Å². The Balaban J connectivity index is 2.86. The van der Waals surface area contributed by atoms with Crippen LogP contribution in [0.2, 0.25) is 0 Å². The molecule has 0 unspecified atom stereocenters. The number of nitrogens with zero attached hydrogens (tertiary/aromatic N) is 1. The van der Waals surface area contributed by atoms with E-state index in [1.54, 1.807) is 12.1 Å². The van der Waals surface area contributed by atoms with E-state index in [1.807, 2.05) is 5.32 Å². The molecule has 0 saturated carbocycles. The van der Waals surface area contributed by atoms with Crippen molar-refractivity contribution in [2.45, 2.75) is 0 Å². The topological polar surface area (TPSA) is 76.3 Å². The molecule has 0 spiro atoms. The van der Waals surface area contributed by atoms with E-state index in [1.165, 1.54) is 12.3 Å². The highest BCUT2D eigenvalue weighted by Gasteiger charge is 2.04. The summed E-state index contributed by atoms with van der Waals surface area (Å²) < 4.78 is 0.649. The van der Waals surface area contributed by atoms with Gasteiger partial charge in [-0.1, -0.05) is 10.8 Å². The number of hydrogen-bond acceptors (Lipinski definition) is 3. The number of carbonyl (C=O) groups is 1. The maximum Gasteiger partial charge on any atom is 0.319 e. The molecule has 1 rings (SSSR count). The molecule has 5 heteroatoms. The Labute approximate surface area is 62.5 Å². The van der Waals surface area contributed by atoms with Gasteiger partial charge >= 0.3 is 5.82 Å². The van der Waals surface area contributed by atoms with Crippen LogP contribution in [0.3, 0.4) is 0 Å². The maximum atomic E-state index is 9.97. The van der Waals surface area contributed by atoms with Gasteiger partial charge in [-0.2, -0.15) is 0 Å². The van der Waals surface area contributed by atoms with Crippen molar-refractivity contribution < 1.29 is 19.8 Å². The first-order valence-electron chi connectivity index (χ1n) is 2.88. The molecule has 0 fully saturated rings. The van der Waals surface area contributed by atoms with Gasteiger partial charge in [-0.3, -0.25) is 0 Å². The van der Waals surface area contributed by atoms with Crippen molar-refractivity contribution in [3.63, 3.8) is 0 Å². The number of aromatic nitrogens is 1. The number of hydrogen-bond donors (Lipinski definition) is 2. The van der Waals surface area contributed by atoms with Crippen LogP contribution in [0.5, 0.6) is 0 Å². The van der Waals surface area contributed by atoms with Gasteiger partial charge in [0.1, 0.15) is 6.20 Å². The normalized spacial score (nSPS) is 9.09. The second-order valence-electron chi connectivity index (χ2n) is 1.84. The fourth-order valence-corrected chi connectivity index (χ4v) is 0.638. The third-order valence-corrected chi connectivity index (χ3v) is 1.07. The summed E-state index contributed by atoms with van der Waals surface area (Å²) in [6.07, 6.45) is -0.162. The molecule has 58 valence electrons. The largest absolute Gasteiger partial charge is 0.511 e. The van der Waals surface area contributed by atoms with Gasteiger partial charge in [0, 0.05) is 6.07 Å². The van der Waals surface area contributed by atoms with Crippen molar-refractivity contribution in [1.29, 1.82) is 0 Å². The molecule has 0 aliphatic carbocycles. The van der Waals surface area contributed by atoms with Crippen molar-refractivity contribution >= 4 is 11.9 Å². The zero-order valence-corrected chi connectivity index (χ0v) is 5.52. The van der Waals surface area contributed by atoms with Crippen LogP contribution in [0.4, 0.5) is 10.6 Å². The van der Waals surface area contributed by atoms with Gasteiger partial charge in [-0.05, 0) is 6.07 Å². The van der Waals surface area contributed by atoms with Gasteiger partial charge in [0.05, 0.1) is 0 Å². The number of amides is 1. The van der Waals surface area contributed by atoms with Gasteiger partial charge in [0.2, 0.25) is 6.09 Å². The standard InChI is InChI=1S/C6H6N2O3/c9-6(10)7-5-3-1-2-4-8(5)11/h1-4,11H,(H,9,10). The van der Waals surface area contributed by atoms with Crippen LogP contribution in [0.1, 0.15) is 0 Å². The lowest BCUT2D eigenvalue weighted by molar-refractivity contribution is -0.893. The minimum atomic E-state index is -1.46. The lowest BCUT2D eigenvalue weighted by Gasteiger charge is -1.98. The van der Waals surface area contributed by atoms with Crippen LogP contribution in [0.15, 0.2) is 24.4 Å². The highest BCUT2D eigenvalue weighted by molar-refractivity contribution is 5.78. The lowest BCUT2D eigenvalue weighted by atomic mass is 10.5. The van der Waals surface area contributed by atoms with Crippen molar-refractivity contribution in [3.8, 4) is 0 Å². The fourth-order valence-electron chi connectivity index (χ4n) is 0.638. The summed E-state index contributed by atoms with van der Waals surface area (Å²) in [5, 5.41) is 20.8. The first-order chi connectivity index (χ1) is 5.20. The molecule has 1 aromatic rings. The number of carboxylic acid groups (broad SMARTS) is 1. The van der Waals surface area contributed by atoms with E-state index in [4.69, 9.17) is 5.21 Å². The summed E-state index contributed by atoms with van der Waals surface area (Å²) >= 11 is 0. The van der Waals surface area contributed by atoms with Crippen LogP contribution in [-0.4, -0.2) is 11.3 Å². The molecule has 1 amide bonds. The molecule has 2 N–H and O–H groups in total. The Kier molecular flexibility index (Phi) is 1.91. The predicted octanol–water partition coefficient (Wildman–Crippen LogP) is -1.03. The molecular weight excluding hydrogens is 148 g/mol. The minimum absolute atomic E-state index is 0.0486. The average Bonchev–Trinajstić information content (AvgIpc) is 1.93. The Morgan fingerprint density at radius 1 is 1.64 bits per heavy atom. The molecule has 1 aromatic heterocycles. The van der Waals surface area contributed by atoms with E-state index in [9.17, 15) is 9.90 Å². The van der Waals surface area contributed by atoms with Gasteiger partial charge < -0.3 is 15.1 Å². The second kappa shape index (κ2) is 2.87. The molecule has 1 heterocycles. The fraction of sp³-hybridized carbons (Fsp3) is 0. The Hall–Kier alpha value is -1.78. The molecule has 0 aromatic carbocycles. The van der Waals surface area contributed by atoms with Crippen molar-refractivity contribution in [2.75, 3.05) is 5.32 Å². The van der Waals surface area contributed by atoms with E-state index in [0.29, 0.717) is 4.73 Å². The molecule has 0 aliphatic rings. The van der Waals surface area contributed by atoms with Gasteiger partial charge in [-0.25, -0.2) is 5.32 Å². The summed E-state index contributed by atoms with van der Waals surface area (Å²) in [6, 6.07) is 4.54. The van der Waals surface area contributed by atoms with Crippen molar-refractivity contribution in [2.24, 2.45) is 0 Å². The summed E-state index contributed by atoms with van der Waals surface area (Å²) in [4.78, 5) is 9.97. The monoisotopic (exact) mass is 154 g/mol. The third-order valence-electron chi connectivity index (χ3n) is 1.07. The molecule has 0 bridgehead atoms. The Bertz CT molecular complexity index is 274. The Morgan fingerprint density at radius 2 is 2.36 bits per heavy atom. The molecule has 0 aliphatic heterocycles. The summed E-state index contributed by atoms with van der Waals surface area (Å²) in [6.45, 7) is 0. The number of nitrogens with one attached hydrogen (secondary N) is 1. The number of carbonyl (C=O) groups excluding carboxylic acids is 1. The molecule has 0 saturated heterocycles. The van der Waals surface area contributed by atoms with E-state index in [-0.39, 0.29) is 5.82 Å². The molecule has 5 nitrogen and oxygen atoms in total. The van der Waals surface area contributed by atoms with Crippen LogP contribution >= 0.6 is 0 Å². The van der Waals surface area contributed by atoms with Crippen LogP contribution in [0, 0.1) is 0 Å². The van der Waals surface area contributed by atoms with Gasteiger partial charge in [0.15, 0.2) is 0 Å². The van der Waals surface area contributed by atoms with Gasteiger partial charge in [-0.15, -0.1) is 0 Å². The molecule has 0 atom stereocenters. The van der Waals surface area contributed by atoms with E-state index < -0.39 is 6.09 Å². The van der Waals surface area contributed by atoms with Crippen LogP contribution in [-0.2, 0) is 0 Å². The van der Waals surface area contributed by atoms with E-state index in [2.05, 4.69) is 0 Å². The summed E-state index contributed by atoms with van der Waals surface area (Å²) in [5.41, 5.74) is 0. The number of rotatable bonds is 1. The average molecular weight is 154 g/mol. The zero-order valence-electron chi connectivity index (χ0n) is 5.52. The predicted molar refractivity (Wildman–Crippen MR) is 32.8 cm³/mol. The second-order valence-corrected chi connectivity index (χ2v) is 1.84. The van der Waals surface area contributed by atoms with Crippen LogP contribution in [0.25, 0.3) is 0 Å². The Morgan fingerprint density at radius 3 is 2.91 bits per heavy atom. The first kappa shape index (κ1) is 7.33. The van der Waals surface area contributed by atoms with E-state index >= 15 is 0 Å². The molecular formula is C6H6N2O3. The first-order valence-corrected chi connectivity index (χ1v) is 2.88. The maximum absolute atomic E-state index is 9.97. The highest BCUT2D eigenvalue weighted by atomic mass is 16.5. The molecule has 0 radical (unpaired) electrons. The number of anilines is 1. The lowest BCUT2D eigenvalue weighted by Crippen LogP contribution is -2.39. The van der Waals surface area contributed by atoms with Crippen LogP contribution < -0.4 is 15.2 Å². The summed E-state index contributed by atoms with van der Waals surface area (Å²) in [5.74, 6) is 0.0486. The zero-order chi connectivity index (χ0) is 8.27. The SMILES string of the molecule is O=C([O-])Nc1cccc[n+]1O. The van der Waals surface area contributed by atoms with Gasteiger partial charge in [0.25, 0.3) is 0 Å². The smallest absolute Gasteiger partial charge is 0.319 e. The highest BCUT2D eigenvalue weighted by Crippen LogP contribution is 1.94. The van der Waals surface area contributed by atoms with Crippen molar-refractivity contribution in [1.82, 2.24) is 0 Å². The third kappa shape index (κ3) is 1.82. The number of pyridine rings is 1. The summed E-state index contributed by atoms with van der Waals surface area (Å²) in [7, 11) is 0. The minimum Gasteiger partial charge on any atom is -0.511 e.